The molecule has 0 unspecified atom stereocenters. The molecular weight excluding hydrogens is 316 g/mol. The molecule has 0 aliphatic heterocycles. The largest absolute Gasteiger partial charge is 0.325 e. The Labute approximate surface area is 125 Å². The van der Waals surface area contributed by atoms with Crippen molar-refractivity contribution in [3.63, 3.8) is 0 Å². The van der Waals surface area contributed by atoms with Gasteiger partial charge in [-0.05, 0) is 37.3 Å². The standard InChI is InChI=1S/C15H15BrN4/c1-2-20-14-4-3-11(16)8-13(14)19-15(20)10-5-6-18-12(7-10)9-17/h3-8H,2,9,17H2,1H3. The number of rotatable bonds is 3. The molecule has 2 N–H and O–H groups in total. The first kappa shape index (κ1) is 13.3. The molecule has 2 heterocycles. The van der Waals surface area contributed by atoms with Crippen LogP contribution < -0.4 is 5.73 Å². The summed E-state index contributed by atoms with van der Waals surface area (Å²) < 4.78 is 3.24. The van der Waals surface area contributed by atoms with Crippen molar-refractivity contribution in [1.82, 2.24) is 14.5 Å². The Balaban J connectivity index is 2.24. The van der Waals surface area contributed by atoms with Crippen LogP contribution in [0.5, 0.6) is 0 Å². The number of halogens is 1. The van der Waals surface area contributed by atoms with Gasteiger partial charge in [0, 0.05) is 29.3 Å². The topological polar surface area (TPSA) is 56.7 Å². The number of aromatic nitrogens is 3. The maximum Gasteiger partial charge on any atom is 0.141 e. The Morgan fingerprint density at radius 1 is 1.25 bits per heavy atom. The van der Waals surface area contributed by atoms with Crippen molar-refractivity contribution in [2.75, 3.05) is 0 Å². The van der Waals surface area contributed by atoms with Gasteiger partial charge in [0.2, 0.25) is 0 Å². The van der Waals surface area contributed by atoms with Crippen LogP contribution in [0.25, 0.3) is 22.4 Å². The summed E-state index contributed by atoms with van der Waals surface area (Å²) in [5.74, 6) is 0.956. The van der Waals surface area contributed by atoms with E-state index in [1.165, 1.54) is 0 Å². The molecule has 0 atom stereocenters. The zero-order valence-corrected chi connectivity index (χ0v) is 12.8. The fourth-order valence-corrected chi connectivity index (χ4v) is 2.72. The molecule has 0 saturated carbocycles. The highest BCUT2D eigenvalue weighted by Crippen LogP contribution is 2.27. The van der Waals surface area contributed by atoms with Crippen molar-refractivity contribution in [2.24, 2.45) is 5.73 Å². The van der Waals surface area contributed by atoms with Gasteiger partial charge in [0.05, 0.1) is 16.7 Å². The molecule has 5 heteroatoms. The van der Waals surface area contributed by atoms with Crippen LogP contribution in [0.1, 0.15) is 12.6 Å². The first-order valence-electron chi connectivity index (χ1n) is 6.54. The highest BCUT2D eigenvalue weighted by Gasteiger charge is 2.12. The summed E-state index contributed by atoms with van der Waals surface area (Å²) >= 11 is 3.49. The number of imidazole rings is 1. The Kier molecular flexibility index (Phi) is 3.54. The fraction of sp³-hybridized carbons (Fsp3) is 0.200. The van der Waals surface area contributed by atoms with E-state index in [0.29, 0.717) is 6.54 Å². The van der Waals surface area contributed by atoms with Gasteiger partial charge in [0.15, 0.2) is 0 Å². The van der Waals surface area contributed by atoms with Crippen LogP contribution in [0.2, 0.25) is 0 Å². The fourth-order valence-electron chi connectivity index (χ4n) is 2.37. The van der Waals surface area contributed by atoms with E-state index >= 15 is 0 Å². The lowest BCUT2D eigenvalue weighted by atomic mass is 10.2. The van der Waals surface area contributed by atoms with Crippen molar-refractivity contribution in [2.45, 2.75) is 20.0 Å². The predicted octanol–water partition coefficient (Wildman–Crippen LogP) is 3.34. The molecule has 0 aliphatic carbocycles. The molecule has 0 amide bonds. The second-order valence-electron chi connectivity index (χ2n) is 4.55. The highest BCUT2D eigenvalue weighted by molar-refractivity contribution is 9.10. The Hall–Kier alpha value is -1.72. The molecule has 0 radical (unpaired) electrons. The van der Waals surface area contributed by atoms with Crippen LogP contribution in [0, 0.1) is 0 Å². The minimum atomic E-state index is 0.436. The third kappa shape index (κ3) is 2.23. The first-order chi connectivity index (χ1) is 9.72. The van der Waals surface area contributed by atoms with Gasteiger partial charge in [-0.1, -0.05) is 15.9 Å². The number of fused-ring (bicyclic) bond motifs is 1. The van der Waals surface area contributed by atoms with Gasteiger partial charge in [-0.25, -0.2) is 4.98 Å². The summed E-state index contributed by atoms with van der Waals surface area (Å²) in [6, 6.07) is 10.1. The molecule has 0 spiro atoms. The summed E-state index contributed by atoms with van der Waals surface area (Å²) in [6.07, 6.45) is 1.78. The lowest BCUT2D eigenvalue weighted by Gasteiger charge is -2.07. The van der Waals surface area contributed by atoms with Crippen LogP contribution in [0.15, 0.2) is 41.0 Å². The molecule has 0 saturated heterocycles. The normalized spacial score (nSPS) is 11.2. The van der Waals surface area contributed by atoms with Crippen LogP contribution in [0.4, 0.5) is 0 Å². The average molecular weight is 331 g/mol. The molecule has 3 rings (SSSR count). The number of hydrogen-bond donors (Lipinski definition) is 1. The van der Waals surface area contributed by atoms with E-state index in [1.807, 2.05) is 24.3 Å². The number of nitrogens with zero attached hydrogens (tertiary/aromatic N) is 3. The lowest BCUT2D eigenvalue weighted by Crippen LogP contribution is -2.01. The van der Waals surface area contributed by atoms with Gasteiger partial charge in [0.25, 0.3) is 0 Å². The number of aryl methyl sites for hydroxylation is 1. The summed E-state index contributed by atoms with van der Waals surface area (Å²) in [5.41, 5.74) is 9.71. The number of nitrogens with two attached hydrogens (primary N) is 1. The van der Waals surface area contributed by atoms with Crippen LogP contribution in [-0.2, 0) is 13.1 Å². The third-order valence-electron chi connectivity index (χ3n) is 3.31. The summed E-state index contributed by atoms with van der Waals surface area (Å²) in [5, 5.41) is 0. The zero-order valence-electron chi connectivity index (χ0n) is 11.2. The van der Waals surface area contributed by atoms with E-state index < -0.39 is 0 Å². The quantitative estimate of drug-likeness (QED) is 0.801. The second kappa shape index (κ2) is 5.34. The van der Waals surface area contributed by atoms with Crippen molar-refractivity contribution < 1.29 is 0 Å². The molecule has 20 heavy (non-hydrogen) atoms. The van der Waals surface area contributed by atoms with Crippen molar-refractivity contribution in [1.29, 1.82) is 0 Å². The summed E-state index contributed by atoms with van der Waals surface area (Å²) in [7, 11) is 0. The highest BCUT2D eigenvalue weighted by atomic mass is 79.9. The summed E-state index contributed by atoms with van der Waals surface area (Å²) in [6.45, 7) is 3.43. The molecule has 2 aromatic heterocycles. The third-order valence-corrected chi connectivity index (χ3v) is 3.80. The molecule has 3 aromatic rings. The second-order valence-corrected chi connectivity index (χ2v) is 5.47. The monoisotopic (exact) mass is 330 g/mol. The first-order valence-corrected chi connectivity index (χ1v) is 7.33. The van der Waals surface area contributed by atoms with E-state index in [4.69, 9.17) is 10.7 Å². The van der Waals surface area contributed by atoms with E-state index in [9.17, 15) is 0 Å². The van der Waals surface area contributed by atoms with Crippen LogP contribution in [-0.4, -0.2) is 14.5 Å². The molecule has 0 aliphatic rings. The van der Waals surface area contributed by atoms with E-state index in [-0.39, 0.29) is 0 Å². The van der Waals surface area contributed by atoms with E-state index in [2.05, 4.69) is 38.5 Å². The maximum absolute atomic E-state index is 5.67. The van der Waals surface area contributed by atoms with Crippen LogP contribution >= 0.6 is 15.9 Å². The Morgan fingerprint density at radius 2 is 2.10 bits per heavy atom. The van der Waals surface area contributed by atoms with E-state index in [1.54, 1.807) is 6.20 Å². The number of hydrogen-bond acceptors (Lipinski definition) is 3. The van der Waals surface area contributed by atoms with Crippen molar-refractivity contribution in [3.8, 4) is 11.4 Å². The molecule has 0 fully saturated rings. The zero-order chi connectivity index (χ0) is 14.1. The Bertz CT molecular complexity index is 764. The SMILES string of the molecule is CCn1c(-c2ccnc(CN)c2)nc2cc(Br)ccc21. The lowest BCUT2D eigenvalue weighted by molar-refractivity contribution is 0.795. The van der Waals surface area contributed by atoms with Gasteiger partial charge >= 0.3 is 0 Å². The molecular formula is C15H15BrN4. The van der Waals surface area contributed by atoms with Gasteiger partial charge in [-0.15, -0.1) is 0 Å². The Morgan fingerprint density at radius 3 is 2.85 bits per heavy atom. The minimum Gasteiger partial charge on any atom is -0.325 e. The van der Waals surface area contributed by atoms with Gasteiger partial charge in [-0.2, -0.15) is 0 Å². The van der Waals surface area contributed by atoms with Crippen molar-refractivity contribution >= 4 is 27.0 Å². The molecule has 4 nitrogen and oxygen atoms in total. The maximum atomic E-state index is 5.67. The van der Waals surface area contributed by atoms with Gasteiger partial charge in [-0.3, -0.25) is 4.98 Å². The predicted molar refractivity (Wildman–Crippen MR) is 84.2 cm³/mol. The van der Waals surface area contributed by atoms with Gasteiger partial charge < -0.3 is 10.3 Å². The average Bonchev–Trinajstić information content (AvgIpc) is 2.84. The smallest absolute Gasteiger partial charge is 0.141 e. The minimum absolute atomic E-state index is 0.436. The van der Waals surface area contributed by atoms with Crippen LogP contribution in [0.3, 0.4) is 0 Å². The van der Waals surface area contributed by atoms with Gasteiger partial charge in [0.1, 0.15) is 5.82 Å². The number of pyridine rings is 1. The number of benzene rings is 1. The molecule has 102 valence electrons. The van der Waals surface area contributed by atoms with Crippen molar-refractivity contribution in [3.05, 3.63) is 46.7 Å². The van der Waals surface area contributed by atoms with E-state index in [0.717, 1.165) is 39.1 Å². The molecule has 0 bridgehead atoms. The molecule has 1 aromatic carbocycles. The summed E-state index contributed by atoms with van der Waals surface area (Å²) in [4.78, 5) is 8.99.